The third-order valence-corrected chi connectivity index (χ3v) is 9.81. The van der Waals surface area contributed by atoms with Crippen molar-refractivity contribution in [3.8, 4) is 5.75 Å². The van der Waals surface area contributed by atoms with Crippen LogP contribution >= 0.6 is 12.2 Å². The molecule has 2 aromatic rings. The molecule has 1 aliphatic rings. The number of sulfonamides is 1. The second kappa shape index (κ2) is 15.1. The van der Waals surface area contributed by atoms with E-state index in [1.807, 2.05) is 56.8 Å². The summed E-state index contributed by atoms with van der Waals surface area (Å²) >= 11 is 0.911. The van der Waals surface area contributed by atoms with Gasteiger partial charge in [0.15, 0.2) is 11.6 Å². The Morgan fingerprint density at radius 2 is 1.52 bits per heavy atom. The standard InChI is InChI=1S/C28H42B2N4O6S2/c1-18-10-20(3)26(21(4)11-18)39-40-41-31-14-24-16-33(28(29)35)8-9-34(30(7)36)17-25(24)15-32-42(37,38)27-22(5)12-19(2)13-23(27)6/h10-13,24-25,31-32,36H,8-9,14-17H2,1-7H3/t24-,25-/m0/s1. The van der Waals surface area contributed by atoms with Gasteiger partial charge in [0, 0.05) is 32.7 Å². The molecule has 1 amide bonds. The fourth-order valence-corrected chi connectivity index (χ4v) is 7.69. The highest BCUT2D eigenvalue weighted by molar-refractivity contribution is 7.92. The zero-order chi connectivity index (χ0) is 31.2. The van der Waals surface area contributed by atoms with Gasteiger partial charge in [0.05, 0.1) is 4.90 Å². The lowest BCUT2D eigenvalue weighted by Gasteiger charge is -2.40. The second-order valence-corrected chi connectivity index (χ2v) is 13.6. The number of nitrogens with one attached hydrogen (secondary N) is 2. The number of hydrogen-bond donors (Lipinski definition) is 3. The summed E-state index contributed by atoms with van der Waals surface area (Å²) in [5.41, 5.74) is 5.38. The molecule has 14 heteroatoms. The molecule has 1 heterocycles. The van der Waals surface area contributed by atoms with Gasteiger partial charge in [-0.3, -0.25) is 4.79 Å². The summed E-state index contributed by atoms with van der Waals surface area (Å²) in [6.07, 6.45) is 0. The van der Waals surface area contributed by atoms with E-state index in [4.69, 9.17) is 17.1 Å². The average molecular weight is 616 g/mol. The van der Waals surface area contributed by atoms with E-state index in [0.717, 1.165) is 34.5 Å². The smallest absolute Gasteiger partial charge is 0.376 e. The van der Waals surface area contributed by atoms with E-state index in [9.17, 15) is 18.2 Å². The summed E-state index contributed by atoms with van der Waals surface area (Å²) in [5, 5.41) is 10.4. The molecule has 1 aliphatic heterocycles. The van der Waals surface area contributed by atoms with Crippen LogP contribution in [0.3, 0.4) is 0 Å². The summed E-state index contributed by atoms with van der Waals surface area (Å²) < 4.78 is 38.3. The number of hydrogen-bond acceptors (Lipinski definition) is 9. The van der Waals surface area contributed by atoms with Gasteiger partial charge in [0.1, 0.15) is 12.2 Å². The minimum atomic E-state index is -3.83. The van der Waals surface area contributed by atoms with Gasteiger partial charge in [-0.15, -0.1) is 0 Å². The predicted octanol–water partition coefficient (Wildman–Crippen LogP) is 3.23. The van der Waals surface area contributed by atoms with Crippen LogP contribution in [0.5, 0.6) is 5.75 Å². The molecule has 0 spiro atoms. The molecule has 0 unspecified atom stereocenters. The summed E-state index contributed by atoms with van der Waals surface area (Å²) in [6.45, 7) is 15.0. The van der Waals surface area contributed by atoms with Crippen molar-refractivity contribution < 1.29 is 27.5 Å². The summed E-state index contributed by atoms with van der Waals surface area (Å²) in [7, 11) is 1.07. The lowest BCUT2D eigenvalue weighted by molar-refractivity contribution is -0.0802. The van der Waals surface area contributed by atoms with Crippen molar-refractivity contribution in [1.29, 1.82) is 0 Å². The summed E-state index contributed by atoms with van der Waals surface area (Å²) in [4.78, 5) is 21.4. The Hall–Kier alpha value is -2.06. The third-order valence-electron chi connectivity index (χ3n) is 7.66. The van der Waals surface area contributed by atoms with E-state index < -0.39 is 22.9 Å². The number of benzene rings is 2. The number of carbonyl (C=O) groups is 1. The van der Waals surface area contributed by atoms with Crippen LogP contribution in [0.15, 0.2) is 29.2 Å². The molecule has 2 atom stereocenters. The van der Waals surface area contributed by atoms with Gasteiger partial charge in [-0.25, -0.2) is 17.9 Å². The monoisotopic (exact) mass is 616 g/mol. The summed E-state index contributed by atoms with van der Waals surface area (Å²) in [6, 6.07) is 7.72. The molecular weight excluding hydrogens is 574 g/mol. The van der Waals surface area contributed by atoms with Crippen molar-refractivity contribution in [2.75, 3.05) is 39.3 Å². The van der Waals surface area contributed by atoms with E-state index in [1.54, 1.807) is 20.7 Å². The molecule has 0 bridgehead atoms. The molecule has 2 aromatic carbocycles. The molecule has 1 fully saturated rings. The van der Waals surface area contributed by atoms with E-state index in [2.05, 4.69) is 9.44 Å². The van der Waals surface area contributed by atoms with Crippen molar-refractivity contribution in [2.24, 2.45) is 11.8 Å². The minimum absolute atomic E-state index is 0.0983. The van der Waals surface area contributed by atoms with Crippen molar-refractivity contribution in [1.82, 2.24) is 19.2 Å². The molecule has 0 saturated carbocycles. The summed E-state index contributed by atoms with van der Waals surface area (Å²) in [5.74, 6) is -0.448. The first-order valence-corrected chi connectivity index (χ1v) is 16.3. The SMILES string of the molecule is [B]C(=O)N1CCN(B(C)O)C[C@H](CNS(=O)(=O)c2c(C)cc(C)cc2C)[C@@H](CNSOOc2c(C)cc(C)cc2C)C1. The fraction of sp³-hybridized carbons (Fsp3) is 0.536. The van der Waals surface area contributed by atoms with Crippen LogP contribution in [0.2, 0.25) is 6.82 Å². The first-order chi connectivity index (χ1) is 19.7. The van der Waals surface area contributed by atoms with Crippen molar-refractivity contribution >= 4 is 43.0 Å². The molecule has 3 N–H and O–H groups in total. The minimum Gasteiger partial charge on any atom is -0.437 e. The van der Waals surface area contributed by atoms with Crippen LogP contribution in [0.25, 0.3) is 0 Å². The van der Waals surface area contributed by atoms with Gasteiger partial charge in [-0.05, 0) is 89.0 Å². The topological polar surface area (TPSA) is 120 Å². The number of rotatable bonds is 11. The van der Waals surface area contributed by atoms with Gasteiger partial charge in [0.2, 0.25) is 17.9 Å². The zero-order valence-corrected chi connectivity index (χ0v) is 27.2. The Kier molecular flexibility index (Phi) is 12.4. The van der Waals surface area contributed by atoms with Gasteiger partial charge in [-0.1, -0.05) is 39.7 Å². The molecule has 1 saturated heterocycles. The maximum atomic E-state index is 13.5. The van der Waals surface area contributed by atoms with Crippen molar-refractivity contribution in [3.63, 3.8) is 0 Å². The molecule has 2 radical (unpaired) electrons. The molecule has 42 heavy (non-hydrogen) atoms. The molecule has 228 valence electrons. The van der Waals surface area contributed by atoms with Crippen LogP contribution in [-0.2, 0) is 14.4 Å². The third kappa shape index (κ3) is 9.22. The van der Waals surface area contributed by atoms with Crippen LogP contribution < -0.4 is 14.3 Å². The maximum Gasteiger partial charge on any atom is 0.376 e. The van der Waals surface area contributed by atoms with Crippen molar-refractivity contribution in [2.45, 2.75) is 53.3 Å². The zero-order valence-electron chi connectivity index (χ0n) is 25.6. The van der Waals surface area contributed by atoms with Gasteiger partial charge >= 0.3 is 7.05 Å². The maximum absolute atomic E-state index is 13.5. The normalized spacial score (nSPS) is 18.4. The molecule has 3 rings (SSSR count). The van der Waals surface area contributed by atoms with E-state index in [0.29, 0.717) is 49.6 Å². The number of nitrogens with zero attached hydrogens (tertiary/aromatic N) is 2. The quantitative estimate of drug-likeness (QED) is 0.0873. The molecule has 0 aliphatic carbocycles. The Labute approximate surface area is 256 Å². The highest BCUT2D eigenvalue weighted by Crippen LogP contribution is 2.27. The van der Waals surface area contributed by atoms with Crippen LogP contribution in [0.4, 0.5) is 4.79 Å². The van der Waals surface area contributed by atoms with Crippen molar-refractivity contribution in [3.05, 3.63) is 57.6 Å². The van der Waals surface area contributed by atoms with E-state index in [1.165, 1.54) is 4.90 Å². The molecular formula is C28H42B2N4O6S2. The largest absolute Gasteiger partial charge is 0.437 e. The lowest BCUT2D eigenvalue weighted by Crippen LogP contribution is -2.54. The first-order valence-electron chi connectivity index (χ1n) is 14.0. The average Bonchev–Trinajstić information content (AvgIpc) is 2.84. The van der Waals surface area contributed by atoms with E-state index in [-0.39, 0.29) is 23.3 Å². The number of amides is 1. The second-order valence-electron chi connectivity index (χ2n) is 11.3. The highest BCUT2D eigenvalue weighted by Gasteiger charge is 2.33. The predicted molar refractivity (Wildman–Crippen MR) is 169 cm³/mol. The van der Waals surface area contributed by atoms with Crippen LogP contribution in [-0.4, -0.2) is 83.1 Å². The van der Waals surface area contributed by atoms with Gasteiger partial charge in [0.25, 0.3) is 0 Å². The Morgan fingerprint density at radius 1 is 0.976 bits per heavy atom. The number of aryl methyl sites for hydroxylation is 6. The fourth-order valence-electron chi connectivity index (χ4n) is 5.71. The number of carbonyl (C=O) groups excluding carboxylic acids is 1. The van der Waals surface area contributed by atoms with E-state index >= 15 is 0 Å². The lowest BCUT2D eigenvalue weighted by atomic mass is 9.80. The molecule has 0 aromatic heterocycles. The van der Waals surface area contributed by atoms with Crippen LogP contribution in [0, 0.1) is 53.4 Å². The van der Waals surface area contributed by atoms with Gasteiger partial charge < -0.3 is 19.6 Å². The Balaban J connectivity index is 1.76. The first kappa shape index (κ1) is 34.4. The van der Waals surface area contributed by atoms with Gasteiger partial charge in [-0.2, -0.15) is 0 Å². The Morgan fingerprint density at radius 3 is 2.07 bits per heavy atom. The highest BCUT2D eigenvalue weighted by atomic mass is 32.2. The van der Waals surface area contributed by atoms with Crippen LogP contribution in [0.1, 0.15) is 33.4 Å². The molecule has 10 nitrogen and oxygen atoms in total. The Bertz CT molecular complexity index is 1320.